The monoisotopic (exact) mass is 258 g/mol. The smallest absolute Gasteiger partial charge is 0.158 e. The Balaban J connectivity index is 2.74. The van der Waals surface area contributed by atoms with E-state index in [0.29, 0.717) is 18.5 Å². The maximum atomic E-state index is 6.05. The van der Waals surface area contributed by atoms with Crippen LogP contribution in [0.5, 0.6) is 0 Å². The summed E-state index contributed by atoms with van der Waals surface area (Å²) in [4.78, 5) is 2.57. The second-order valence-electron chi connectivity index (χ2n) is 6.08. The van der Waals surface area contributed by atoms with Crippen LogP contribution < -0.4 is 5.73 Å². The molecule has 0 bridgehead atoms. The van der Waals surface area contributed by atoms with Gasteiger partial charge in [0.25, 0.3) is 0 Å². The average Bonchev–Trinajstić information content (AvgIpc) is 3.16. The summed E-state index contributed by atoms with van der Waals surface area (Å²) in [7, 11) is 3.38. The normalized spacial score (nSPS) is 19.8. The van der Waals surface area contributed by atoms with Crippen LogP contribution in [0.3, 0.4) is 0 Å². The minimum Gasteiger partial charge on any atom is -0.356 e. The fraction of sp³-hybridized carbons (Fsp3) is 1.00. The van der Waals surface area contributed by atoms with Crippen LogP contribution in [-0.4, -0.2) is 50.1 Å². The van der Waals surface area contributed by atoms with Crippen molar-refractivity contribution < 1.29 is 9.47 Å². The molecule has 0 heterocycles. The Morgan fingerprint density at radius 1 is 1.28 bits per heavy atom. The molecule has 0 spiro atoms. The van der Waals surface area contributed by atoms with Gasteiger partial charge in [0.05, 0.1) is 0 Å². The standard InChI is InChI=1S/C14H30N2O2/c1-11(2)9-16(12-6-7-12)14(3,10-15)8-13(17-4)18-5/h11-13H,6-10,15H2,1-5H3. The van der Waals surface area contributed by atoms with E-state index in [1.54, 1.807) is 14.2 Å². The van der Waals surface area contributed by atoms with Crippen LogP contribution in [-0.2, 0) is 9.47 Å². The molecule has 18 heavy (non-hydrogen) atoms. The molecule has 1 fully saturated rings. The van der Waals surface area contributed by atoms with Crippen molar-refractivity contribution in [2.45, 2.75) is 57.9 Å². The van der Waals surface area contributed by atoms with Crippen LogP contribution in [0.2, 0.25) is 0 Å². The molecule has 108 valence electrons. The molecule has 1 unspecified atom stereocenters. The van der Waals surface area contributed by atoms with E-state index in [0.717, 1.165) is 13.0 Å². The first-order valence-electron chi connectivity index (χ1n) is 6.99. The average molecular weight is 258 g/mol. The van der Waals surface area contributed by atoms with Crippen LogP contribution >= 0.6 is 0 Å². The number of nitrogens with zero attached hydrogens (tertiary/aromatic N) is 1. The molecule has 0 aromatic carbocycles. The van der Waals surface area contributed by atoms with Gasteiger partial charge in [-0.3, -0.25) is 4.90 Å². The van der Waals surface area contributed by atoms with Crippen LogP contribution in [0, 0.1) is 5.92 Å². The Morgan fingerprint density at radius 3 is 2.17 bits per heavy atom. The molecular formula is C14H30N2O2. The van der Waals surface area contributed by atoms with Gasteiger partial charge in [0.15, 0.2) is 6.29 Å². The van der Waals surface area contributed by atoms with Crippen LogP contribution in [0.4, 0.5) is 0 Å². The number of methoxy groups -OCH3 is 2. The van der Waals surface area contributed by atoms with E-state index < -0.39 is 0 Å². The first-order valence-corrected chi connectivity index (χ1v) is 6.99. The first-order chi connectivity index (χ1) is 8.46. The molecule has 1 aliphatic carbocycles. The highest BCUT2D eigenvalue weighted by molar-refractivity contribution is 4.97. The molecule has 0 aromatic rings. The molecule has 0 radical (unpaired) electrons. The van der Waals surface area contributed by atoms with Gasteiger partial charge >= 0.3 is 0 Å². The van der Waals surface area contributed by atoms with E-state index in [9.17, 15) is 0 Å². The third-order valence-corrected chi connectivity index (χ3v) is 3.81. The summed E-state index contributed by atoms with van der Waals surface area (Å²) in [5.74, 6) is 0.653. The van der Waals surface area contributed by atoms with Gasteiger partial charge in [0.1, 0.15) is 0 Å². The predicted molar refractivity (Wildman–Crippen MR) is 74.4 cm³/mol. The molecule has 1 aliphatic rings. The lowest BCUT2D eigenvalue weighted by Crippen LogP contribution is -2.55. The lowest BCUT2D eigenvalue weighted by molar-refractivity contribution is -0.130. The van der Waals surface area contributed by atoms with Crippen molar-refractivity contribution in [3.8, 4) is 0 Å². The molecule has 0 aromatic heterocycles. The minimum absolute atomic E-state index is 0.0396. The van der Waals surface area contributed by atoms with E-state index in [4.69, 9.17) is 15.2 Å². The van der Waals surface area contributed by atoms with Crippen molar-refractivity contribution >= 4 is 0 Å². The van der Waals surface area contributed by atoms with Crippen LogP contribution in [0.25, 0.3) is 0 Å². The molecule has 0 aliphatic heterocycles. The van der Waals surface area contributed by atoms with E-state index in [1.165, 1.54) is 12.8 Å². The Morgan fingerprint density at radius 2 is 1.83 bits per heavy atom. The van der Waals surface area contributed by atoms with E-state index in [1.807, 2.05) is 0 Å². The van der Waals surface area contributed by atoms with Gasteiger partial charge < -0.3 is 15.2 Å². The van der Waals surface area contributed by atoms with Crippen molar-refractivity contribution in [1.82, 2.24) is 4.90 Å². The molecule has 1 rings (SSSR count). The Kier molecular flexibility index (Phi) is 6.05. The molecule has 2 N–H and O–H groups in total. The van der Waals surface area contributed by atoms with Gasteiger partial charge in [-0.05, 0) is 25.7 Å². The summed E-state index contributed by atoms with van der Waals surface area (Å²) in [6.07, 6.45) is 3.24. The zero-order valence-corrected chi connectivity index (χ0v) is 12.6. The number of ether oxygens (including phenoxy) is 2. The van der Waals surface area contributed by atoms with Crippen molar-refractivity contribution in [3.63, 3.8) is 0 Å². The Hall–Kier alpha value is -0.160. The highest BCUT2D eigenvalue weighted by Crippen LogP contribution is 2.35. The zero-order valence-electron chi connectivity index (χ0n) is 12.6. The van der Waals surface area contributed by atoms with E-state index in [-0.39, 0.29) is 11.8 Å². The summed E-state index contributed by atoms with van der Waals surface area (Å²) in [5, 5.41) is 0. The highest BCUT2D eigenvalue weighted by atomic mass is 16.7. The predicted octanol–water partition coefficient (Wildman–Crippen LogP) is 1.83. The Bertz CT molecular complexity index is 240. The highest BCUT2D eigenvalue weighted by Gasteiger charge is 2.41. The zero-order chi connectivity index (χ0) is 13.8. The largest absolute Gasteiger partial charge is 0.356 e. The molecule has 4 nitrogen and oxygen atoms in total. The third-order valence-electron chi connectivity index (χ3n) is 3.81. The maximum Gasteiger partial charge on any atom is 0.158 e. The third kappa shape index (κ3) is 4.19. The fourth-order valence-electron chi connectivity index (χ4n) is 2.53. The van der Waals surface area contributed by atoms with Crippen molar-refractivity contribution in [3.05, 3.63) is 0 Å². The molecule has 4 heteroatoms. The number of hydrogen-bond donors (Lipinski definition) is 1. The maximum absolute atomic E-state index is 6.05. The van der Waals surface area contributed by atoms with Gasteiger partial charge in [-0.25, -0.2) is 0 Å². The fourth-order valence-corrected chi connectivity index (χ4v) is 2.53. The van der Waals surface area contributed by atoms with Crippen LogP contribution in [0.15, 0.2) is 0 Å². The second-order valence-corrected chi connectivity index (χ2v) is 6.08. The lowest BCUT2D eigenvalue weighted by atomic mass is 9.93. The van der Waals surface area contributed by atoms with Crippen molar-refractivity contribution in [1.29, 1.82) is 0 Å². The summed E-state index contributed by atoms with van der Waals surface area (Å²) < 4.78 is 10.7. The summed E-state index contributed by atoms with van der Waals surface area (Å²) >= 11 is 0. The molecule has 0 amide bonds. The van der Waals surface area contributed by atoms with Crippen molar-refractivity contribution in [2.24, 2.45) is 11.7 Å². The van der Waals surface area contributed by atoms with Gasteiger partial charge in [-0.2, -0.15) is 0 Å². The first kappa shape index (κ1) is 15.9. The minimum atomic E-state index is -0.174. The number of rotatable bonds is 9. The summed E-state index contributed by atoms with van der Waals surface area (Å²) in [6.45, 7) is 8.49. The van der Waals surface area contributed by atoms with Gasteiger partial charge in [0, 0.05) is 45.3 Å². The number of hydrogen-bond acceptors (Lipinski definition) is 4. The second kappa shape index (κ2) is 6.85. The van der Waals surface area contributed by atoms with E-state index in [2.05, 4.69) is 25.7 Å². The van der Waals surface area contributed by atoms with Gasteiger partial charge in [0.2, 0.25) is 0 Å². The number of nitrogens with two attached hydrogens (primary N) is 1. The molecular weight excluding hydrogens is 228 g/mol. The lowest BCUT2D eigenvalue weighted by Gasteiger charge is -2.43. The van der Waals surface area contributed by atoms with E-state index >= 15 is 0 Å². The van der Waals surface area contributed by atoms with Gasteiger partial charge in [-0.1, -0.05) is 13.8 Å². The summed E-state index contributed by atoms with van der Waals surface area (Å²) in [6, 6.07) is 0.704. The molecule has 1 saturated carbocycles. The van der Waals surface area contributed by atoms with Gasteiger partial charge in [-0.15, -0.1) is 0 Å². The topological polar surface area (TPSA) is 47.7 Å². The molecule has 1 atom stereocenters. The SMILES string of the molecule is COC(CC(C)(CN)N(CC(C)C)C1CC1)OC. The van der Waals surface area contributed by atoms with Crippen molar-refractivity contribution in [2.75, 3.05) is 27.3 Å². The summed E-state index contributed by atoms with van der Waals surface area (Å²) in [5.41, 5.74) is 6.01. The quantitative estimate of drug-likeness (QED) is 0.641. The Labute approximate surface area is 112 Å². The van der Waals surface area contributed by atoms with Crippen LogP contribution in [0.1, 0.15) is 40.0 Å². The molecule has 0 saturated heterocycles.